The fourth-order valence-electron chi connectivity index (χ4n) is 2.54. The Morgan fingerprint density at radius 2 is 1.67 bits per heavy atom. The zero-order valence-electron chi connectivity index (χ0n) is 15.5. The molecule has 0 amide bonds. The highest BCUT2D eigenvalue weighted by atomic mass is 35.5. The van der Waals surface area contributed by atoms with Gasteiger partial charge < -0.3 is 9.47 Å². The molecule has 0 saturated carbocycles. The Labute approximate surface area is 165 Å². The standard InChI is InChI=1S/C23H22ClNO2/c1-3-26-22-11-9-21(10-12-22)25-15-19-14-20(24)8-13-23(19)27-16-18-6-4-17(2)5-7-18/h4-15H,3,16H2,1-2H3. The second-order valence-electron chi connectivity index (χ2n) is 6.14. The first-order valence-corrected chi connectivity index (χ1v) is 9.26. The summed E-state index contributed by atoms with van der Waals surface area (Å²) in [5.41, 5.74) is 4.02. The summed E-state index contributed by atoms with van der Waals surface area (Å²) in [6.45, 7) is 5.17. The third-order valence-corrected chi connectivity index (χ3v) is 4.22. The molecule has 3 aromatic rings. The molecule has 0 aliphatic rings. The van der Waals surface area contributed by atoms with Crippen molar-refractivity contribution in [1.82, 2.24) is 0 Å². The Morgan fingerprint density at radius 1 is 0.926 bits per heavy atom. The van der Waals surface area contributed by atoms with E-state index in [0.717, 1.165) is 28.3 Å². The molecular formula is C23H22ClNO2. The fraction of sp³-hybridized carbons (Fsp3) is 0.174. The van der Waals surface area contributed by atoms with Crippen LogP contribution in [-0.2, 0) is 6.61 Å². The summed E-state index contributed by atoms with van der Waals surface area (Å²) < 4.78 is 11.4. The molecule has 0 saturated heterocycles. The monoisotopic (exact) mass is 379 g/mol. The lowest BCUT2D eigenvalue weighted by molar-refractivity contribution is 0.306. The number of benzene rings is 3. The first kappa shape index (κ1) is 19.0. The van der Waals surface area contributed by atoms with E-state index in [-0.39, 0.29) is 0 Å². The molecule has 4 heteroatoms. The van der Waals surface area contributed by atoms with Gasteiger partial charge in [0.25, 0.3) is 0 Å². The summed E-state index contributed by atoms with van der Waals surface area (Å²) in [5, 5.41) is 0.644. The molecule has 0 unspecified atom stereocenters. The normalized spacial score (nSPS) is 10.9. The Balaban J connectivity index is 1.74. The summed E-state index contributed by atoms with van der Waals surface area (Å²) in [7, 11) is 0. The third-order valence-electron chi connectivity index (χ3n) is 3.99. The molecule has 0 bridgehead atoms. The van der Waals surface area contributed by atoms with Crippen LogP contribution in [0.1, 0.15) is 23.6 Å². The van der Waals surface area contributed by atoms with Crippen molar-refractivity contribution in [3.8, 4) is 11.5 Å². The number of nitrogens with zero attached hydrogens (tertiary/aromatic N) is 1. The molecular weight excluding hydrogens is 358 g/mol. The van der Waals surface area contributed by atoms with E-state index in [2.05, 4.69) is 36.2 Å². The first-order chi connectivity index (χ1) is 13.1. The minimum Gasteiger partial charge on any atom is -0.494 e. The smallest absolute Gasteiger partial charge is 0.128 e. The second-order valence-corrected chi connectivity index (χ2v) is 6.58. The van der Waals surface area contributed by atoms with Crippen molar-refractivity contribution >= 4 is 23.5 Å². The molecule has 3 aromatic carbocycles. The van der Waals surface area contributed by atoms with Gasteiger partial charge in [-0.15, -0.1) is 0 Å². The topological polar surface area (TPSA) is 30.8 Å². The molecule has 0 radical (unpaired) electrons. The van der Waals surface area contributed by atoms with Gasteiger partial charge in [0.05, 0.1) is 12.3 Å². The lowest BCUT2D eigenvalue weighted by Crippen LogP contribution is -1.98. The van der Waals surface area contributed by atoms with Gasteiger partial charge in [0, 0.05) is 16.8 Å². The number of rotatable bonds is 7. The van der Waals surface area contributed by atoms with Gasteiger partial charge >= 0.3 is 0 Å². The molecule has 0 aliphatic heterocycles. The average Bonchev–Trinajstić information content (AvgIpc) is 2.68. The molecule has 3 rings (SSSR count). The van der Waals surface area contributed by atoms with Crippen LogP contribution in [0.15, 0.2) is 71.7 Å². The molecule has 0 fully saturated rings. The average molecular weight is 380 g/mol. The maximum atomic E-state index is 6.15. The predicted octanol–water partition coefficient (Wildman–Crippen LogP) is 6.38. The summed E-state index contributed by atoms with van der Waals surface area (Å²) in [6, 6.07) is 21.5. The van der Waals surface area contributed by atoms with E-state index >= 15 is 0 Å². The largest absolute Gasteiger partial charge is 0.494 e. The highest BCUT2D eigenvalue weighted by Crippen LogP contribution is 2.24. The first-order valence-electron chi connectivity index (χ1n) is 8.89. The minimum atomic E-state index is 0.492. The van der Waals surface area contributed by atoms with Gasteiger partial charge in [-0.25, -0.2) is 0 Å². The van der Waals surface area contributed by atoms with Crippen LogP contribution in [0.3, 0.4) is 0 Å². The van der Waals surface area contributed by atoms with Crippen molar-refractivity contribution in [3.63, 3.8) is 0 Å². The van der Waals surface area contributed by atoms with E-state index in [0.29, 0.717) is 18.2 Å². The van der Waals surface area contributed by atoms with E-state index in [4.69, 9.17) is 21.1 Å². The summed E-state index contributed by atoms with van der Waals surface area (Å²) in [6.07, 6.45) is 1.77. The second kappa shape index (κ2) is 9.24. The number of halogens is 1. The van der Waals surface area contributed by atoms with E-state index in [1.54, 1.807) is 6.21 Å². The lowest BCUT2D eigenvalue weighted by atomic mass is 10.1. The van der Waals surface area contributed by atoms with Crippen molar-refractivity contribution in [2.75, 3.05) is 6.61 Å². The Bertz CT molecular complexity index is 903. The van der Waals surface area contributed by atoms with Crippen LogP contribution >= 0.6 is 11.6 Å². The Kier molecular flexibility index (Phi) is 6.50. The van der Waals surface area contributed by atoms with Crippen molar-refractivity contribution in [3.05, 3.63) is 88.4 Å². The van der Waals surface area contributed by atoms with Crippen molar-refractivity contribution in [2.45, 2.75) is 20.5 Å². The molecule has 138 valence electrons. The Hall–Kier alpha value is -2.78. The van der Waals surface area contributed by atoms with Crippen molar-refractivity contribution in [1.29, 1.82) is 0 Å². The molecule has 0 aliphatic carbocycles. The van der Waals surface area contributed by atoms with Gasteiger partial charge in [-0.3, -0.25) is 4.99 Å². The molecule has 0 spiro atoms. The zero-order valence-corrected chi connectivity index (χ0v) is 16.2. The van der Waals surface area contributed by atoms with E-state index in [9.17, 15) is 0 Å². The van der Waals surface area contributed by atoms with Gasteiger partial charge in [0.1, 0.15) is 18.1 Å². The maximum absolute atomic E-state index is 6.15. The number of hydrogen-bond donors (Lipinski definition) is 0. The number of hydrogen-bond acceptors (Lipinski definition) is 3. The van der Waals surface area contributed by atoms with Crippen LogP contribution in [-0.4, -0.2) is 12.8 Å². The molecule has 3 nitrogen and oxygen atoms in total. The van der Waals surface area contributed by atoms with E-state index in [1.807, 2.05) is 49.4 Å². The van der Waals surface area contributed by atoms with Crippen LogP contribution in [0.25, 0.3) is 0 Å². The van der Waals surface area contributed by atoms with Crippen LogP contribution < -0.4 is 9.47 Å². The quantitative estimate of drug-likeness (QED) is 0.446. The molecule has 0 heterocycles. The van der Waals surface area contributed by atoms with Crippen molar-refractivity contribution in [2.24, 2.45) is 4.99 Å². The van der Waals surface area contributed by atoms with Crippen LogP contribution in [0.4, 0.5) is 5.69 Å². The predicted molar refractivity (Wildman–Crippen MR) is 112 cm³/mol. The maximum Gasteiger partial charge on any atom is 0.128 e. The molecule has 0 N–H and O–H groups in total. The SMILES string of the molecule is CCOc1ccc(N=Cc2cc(Cl)ccc2OCc2ccc(C)cc2)cc1. The van der Waals surface area contributed by atoms with Gasteiger partial charge in [0.15, 0.2) is 0 Å². The van der Waals surface area contributed by atoms with Crippen molar-refractivity contribution < 1.29 is 9.47 Å². The van der Waals surface area contributed by atoms with Crippen LogP contribution in [0.2, 0.25) is 5.02 Å². The summed E-state index contributed by atoms with van der Waals surface area (Å²) in [4.78, 5) is 4.53. The van der Waals surface area contributed by atoms with Gasteiger partial charge in [-0.2, -0.15) is 0 Å². The minimum absolute atomic E-state index is 0.492. The Morgan fingerprint density at radius 3 is 2.37 bits per heavy atom. The van der Waals surface area contributed by atoms with E-state index < -0.39 is 0 Å². The highest BCUT2D eigenvalue weighted by molar-refractivity contribution is 6.30. The molecule has 27 heavy (non-hydrogen) atoms. The third kappa shape index (κ3) is 5.60. The lowest BCUT2D eigenvalue weighted by Gasteiger charge is -2.10. The van der Waals surface area contributed by atoms with Crippen LogP contribution in [0, 0.1) is 6.92 Å². The van der Waals surface area contributed by atoms with Gasteiger partial charge in [-0.1, -0.05) is 41.4 Å². The number of aryl methyl sites for hydroxylation is 1. The molecule has 0 aromatic heterocycles. The zero-order chi connectivity index (χ0) is 19.1. The summed E-state index contributed by atoms with van der Waals surface area (Å²) in [5.74, 6) is 1.58. The van der Waals surface area contributed by atoms with E-state index in [1.165, 1.54) is 5.56 Å². The molecule has 0 atom stereocenters. The highest BCUT2D eigenvalue weighted by Gasteiger charge is 2.04. The van der Waals surface area contributed by atoms with Gasteiger partial charge in [-0.05, 0) is 61.9 Å². The fourth-order valence-corrected chi connectivity index (χ4v) is 2.72. The number of ether oxygens (including phenoxy) is 2. The van der Waals surface area contributed by atoms with Crippen LogP contribution in [0.5, 0.6) is 11.5 Å². The summed E-state index contributed by atoms with van der Waals surface area (Å²) >= 11 is 6.15. The number of aliphatic imine (C=N–C) groups is 1. The van der Waals surface area contributed by atoms with Gasteiger partial charge in [0.2, 0.25) is 0 Å².